The molecule has 0 bridgehead atoms. The summed E-state index contributed by atoms with van der Waals surface area (Å²) in [7, 11) is -3.47. The summed E-state index contributed by atoms with van der Waals surface area (Å²) in [5.41, 5.74) is -0.577. The molecule has 1 heterocycles. The third kappa shape index (κ3) is 3.17. The van der Waals surface area contributed by atoms with Crippen molar-refractivity contribution in [1.82, 2.24) is 0 Å². The smallest absolute Gasteiger partial charge is 0.311 e. The van der Waals surface area contributed by atoms with Crippen molar-refractivity contribution >= 4 is 16.1 Å². The maximum atomic E-state index is 11.6. The summed E-state index contributed by atoms with van der Waals surface area (Å²) in [5.74, 6) is -0.617. The number of ether oxygens (including phenoxy) is 1. The number of hydrogen-bond donors (Lipinski definition) is 0. The molecule has 1 aliphatic rings. The third-order valence-electron chi connectivity index (χ3n) is 2.53. The molecule has 15 heavy (non-hydrogen) atoms. The van der Waals surface area contributed by atoms with Crippen LogP contribution in [-0.4, -0.2) is 32.9 Å². The van der Waals surface area contributed by atoms with Gasteiger partial charge < -0.3 is 4.74 Å². The molecule has 0 aromatic rings. The van der Waals surface area contributed by atoms with Crippen molar-refractivity contribution in [2.24, 2.45) is 5.41 Å². The number of rotatable bonds is 3. The lowest BCUT2D eigenvalue weighted by atomic mass is 9.91. The second-order valence-electron chi connectivity index (χ2n) is 4.27. The number of carbonyl (C=O) groups is 1. The highest BCUT2D eigenvalue weighted by molar-refractivity contribution is 7.87. The van der Waals surface area contributed by atoms with Gasteiger partial charge >= 0.3 is 5.97 Å². The van der Waals surface area contributed by atoms with Crippen LogP contribution in [0.5, 0.6) is 0 Å². The summed E-state index contributed by atoms with van der Waals surface area (Å²) in [6.45, 7) is 5.34. The molecule has 1 rings (SSSR count). The van der Waals surface area contributed by atoms with Crippen LogP contribution in [0.3, 0.4) is 0 Å². The summed E-state index contributed by atoms with van der Waals surface area (Å²) < 4.78 is 31.4. The van der Waals surface area contributed by atoms with Gasteiger partial charge in [-0.25, -0.2) is 0 Å². The Bertz CT molecular complexity index is 344. The molecule has 1 saturated heterocycles. The number of esters is 1. The van der Waals surface area contributed by atoms with Crippen molar-refractivity contribution in [2.45, 2.75) is 33.3 Å². The van der Waals surface area contributed by atoms with E-state index in [-0.39, 0.29) is 18.3 Å². The highest BCUT2D eigenvalue weighted by Gasteiger charge is 2.35. The largest absolute Gasteiger partial charge is 0.458 e. The van der Waals surface area contributed by atoms with E-state index in [1.165, 1.54) is 0 Å². The zero-order valence-electron chi connectivity index (χ0n) is 9.15. The van der Waals surface area contributed by atoms with Gasteiger partial charge in [-0.2, -0.15) is 8.42 Å². The zero-order valence-corrected chi connectivity index (χ0v) is 9.96. The van der Waals surface area contributed by atoms with E-state index in [2.05, 4.69) is 4.18 Å². The maximum absolute atomic E-state index is 11.6. The number of hydrogen-bond acceptors (Lipinski definition) is 5. The van der Waals surface area contributed by atoms with Crippen molar-refractivity contribution in [2.75, 3.05) is 12.4 Å². The normalized spacial score (nSPS) is 25.1. The Morgan fingerprint density at radius 3 is 2.53 bits per heavy atom. The van der Waals surface area contributed by atoms with Gasteiger partial charge in [-0.05, 0) is 20.3 Å². The summed E-state index contributed by atoms with van der Waals surface area (Å²) in [4.78, 5) is 11.6. The molecule has 0 aromatic carbocycles. The fourth-order valence-electron chi connectivity index (χ4n) is 1.03. The lowest BCUT2D eigenvalue weighted by Gasteiger charge is -2.22. The van der Waals surface area contributed by atoms with E-state index in [1.807, 2.05) is 6.92 Å². The number of carbonyl (C=O) groups excluding carboxylic acids is 1. The van der Waals surface area contributed by atoms with Crippen LogP contribution >= 0.6 is 0 Å². The first kappa shape index (κ1) is 12.4. The van der Waals surface area contributed by atoms with Crippen molar-refractivity contribution < 1.29 is 22.1 Å². The molecule has 1 atom stereocenters. The Hall–Kier alpha value is -0.620. The van der Waals surface area contributed by atoms with Crippen molar-refractivity contribution in [3.05, 3.63) is 0 Å². The summed E-state index contributed by atoms with van der Waals surface area (Å²) >= 11 is 0. The van der Waals surface area contributed by atoms with Crippen LogP contribution in [0.25, 0.3) is 0 Å². The molecule has 6 heteroatoms. The first-order chi connectivity index (χ1) is 6.77. The summed E-state index contributed by atoms with van der Waals surface area (Å²) in [5, 5.41) is 0. The molecule has 0 saturated carbocycles. The van der Waals surface area contributed by atoms with Crippen LogP contribution in [0.4, 0.5) is 0 Å². The predicted molar refractivity (Wildman–Crippen MR) is 53.7 cm³/mol. The maximum Gasteiger partial charge on any atom is 0.311 e. The molecule has 0 spiro atoms. The second-order valence-corrected chi connectivity index (χ2v) is 5.96. The molecule has 1 unspecified atom stereocenters. The van der Waals surface area contributed by atoms with Gasteiger partial charge in [0.25, 0.3) is 10.1 Å². The molecule has 1 aliphatic heterocycles. The average molecular weight is 236 g/mol. The van der Waals surface area contributed by atoms with Gasteiger partial charge in [0, 0.05) is 0 Å². The topological polar surface area (TPSA) is 69.7 Å². The monoisotopic (exact) mass is 236 g/mol. The van der Waals surface area contributed by atoms with Gasteiger partial charge in [-0.1, -0.05) is 6.92 Å². The quantitative estimate of drug-likeness (QED) is 0.532. The van der Waals surface area contributed by atoms with Gasteiger partial charge in [-0.3, -0.25) is 8.98 Å². The van der Waals surface area contributed by atoms with E-state index in [1.54, 1.807) is 13.8 Å². The van der Waals surface area contributed by atoms with Crippen LogP contribution in [0.2, 0.25) is 0 Å². The molecule has 88 valence electrons. The van der Waals surface area contributed by atoms with Crippen LogP contribution < -0.4 is 0 Å². The Balaban J connectivity index is 2.54. The van der Waals surface area contributed by atoms with E-state index >= 15 is 0 Å². The molecule has 1 fully saturated rings. The lowest BCUT2D eigenvalue weighted by Crippen LogP contribution is -2.31. The van der Waals surface area contributed by atoms with Gasteiger partial charge in [0.1, 0.15) is 18.5 Å². The highest BCUT2D eigenvalue weighted by Crippen LogP contribution is 2.23. The van der Waals surface area contributed by atoms with E-state index in [0.717, 1.165) is 0 Å². The van der Waals surface area contributed by atoms with Crippen molar-refractivity contribution in [3.8, 4) is 0 Å². The molecule has 0 radical (unpaired) electrons. The fourth-order valence-corrected chi connectivity index (χ4v) is 2.10. The van der Waals surface area contributed by atoms with Gasteiger partial charge in [0.2, 0.25) is 0 Å². The highest BCUT2D eigenvalue weighted by atomic mass is 32.2. The minimum Gasteiger partial charge on any atom is -0.458 e. The van der Waals surface area contributed by atoms with Crippen LogP contribution in [0.15, 0.2) is 0 Å². The van der Waals surface area contributed by atoms with Crippen LogP contribution in [0, 0.1) is 5.41 Å². The van der Waals surface area contributed by atoms with Gasteiger partial charge in [-0.15, -0.1) is 0 Å². The fraction of sp³-hybridized carbons (Fsp3) is 0.889. The van der Waals surface area contributed by atoms with E-state index in [9.17, 15) is 13.2 Å². The van der Waals surface area contributed by atoms with Crippen molar-refractivity contribution in [3.63, 3.8) is 0 Å². The second kappa shape index (κ2) is 4.09. The first-order valence-electron chi connectivity index (χ1n) is 4.85. The molecular formula is C9H16O5S. The first-order valence-corrected chi connectivity index (χ1v) is 6.43. The Labute approximate surface area is 89.9 Å². The summed E-state index contributed by atoms with van der Waals surface area (Å²) in [6, 6.07) is 0. The Morgan fingerprint density at radius 2 is 2.13 bits per heavy atom. The zero-order chi connectivity index (χ0) is 11.7. The minimum absolute atomic E-state index is 0.0616. The standard InChI is InChI=1S/C9H16O5S/c1-4-9(2,3)8(10)14-7-5-13-15(11,12)6-7/h7H,4-6H2,1-3H3. The lowest BCUT2D eigenvalue weighted by molar-refractivity contribution is -0.159. The molecule has 0 N–H and O–H groups in total. The summed E-state index contributed by atoms with van der Waals surface area (Å²) in [6.07, 6.45) is -0.0140. The molecule has 0 aliphatic carbocycles. The Kier molecular flexibility index (Phi) is 3.40. The Morgan fingerprint density at radius 1 is 1.53 bits per heavy atom. The minimum atomic E-state index is -3.47. The predicted octanol–water partition coefficient (Wildman–Crippen LogP) is 0.694. The SMILES string of the molecule is CCC(C)(C)C(=O)OC1COS(=O)(=O)C1. The van der Waals surface area contributed by atoms with Gasteiger partial charge in [0.15, 0.2) is 0 Å². The molecule has 5 nitrogen and oxygen atoms in total. The third-order valence-corrected chi connectivity index (χ3v) is 3.81. The van der Waals surface area contributed by atoms with Crippen molar-refractivity contribution in [1.29, 1.82) is 0 Å². The van der Waals surface area contributed by atoms with Crippen LogP contribution in [0.1, 0.15) is 27.2 Å². The van der Waals surface area contributed by atoms with E-state index in [4.69, 9.17) is 4.74 Å². The van der Waals surface area contributed by atoms with Crippen LogP contribution in [-0.2, 0) is 23.8 Å². The molecule has 0 amide bonds. The van der Waals surface area contributed by atoms with E-state index < -0.39 is 21.6 Å². The molecule has 0 aromatic heterocycles. The van der Waals surface area contributed by atoms with Gasteiger partial charge in [0.05, 0.1) is 5.41 Å². The molecular weight excluding hydrogens is 220 g/mol. The van der Waals surface area contributed by atoms with E-state index in [0.29, 0.717) is 6.42 Å². The average Bonchev–Trinajstić information content (AvgIpc) is 2.45.